The number of hydrogen-bond donors (Lipinski definition) is 2. The lowest BCUT2D eigenvalue weighted by Crippen LogP contribution is -2.11. The molecule has 0 unspecified atom stereocenters. The molecule has 2 heterocycles. The Hall–Kier alpha value is -2.78. The van der Waals surface area contributed by atoms with Crippen LogP contribution in [0.4, 0.5) is 17.3 Å². The van der Waals surface area contributed by atoms with E-state index < -0.39 is 4.92 Å². The van der Waals surface area contributed by atoms with Crippen LogP contribution in [0.1, 0.15) is 5.82 Å². The molecular formula is C10H14N8O2. The zero-order valence-electron chi connectivity index (χ0n) is 11.1. The van der Waals surface area contributed by atoms with E-state index in [1.165, 1.54) is 6.33 Å². The maximum atomic E-state index is 11.1. The van der Waals surface area contributed by atoms with Crippen LogP contribution in [-0.2, 0) is 13.5 Å². The minimum atomic E-state index is -0.521. The van der Waals surface area contributed by atoms with Gasteiger partial charge in [-0.25, -0.2) is 15.0 Å². The molecule has 20 heavy (non-hydrogen) atoms. The Bertz CT molecular complexity index is 611. The molecule has 0 radical (unpaired) electrons. The van der Waals surface area contributed by atoms with Gasteiger partial charge in [-0.2, -0.15) is 5.10 Å². The first kappa shape index (κ1) is 13.6. The second kappa shape index (κ2) is 5.91. The number of nitrogens with zero attached hydrogens (tertiary/aromatic N) is 6. The van der Waals surface area contributed by atoms with E-state index in [0.29, 0.717) is 18.8 Å². The highest BCUT2D eigenvalue weighted by molar-refractivity contribution is 5.68. The fourth-order valence-corrected chi connectivity index (χ4v) is 1.66. The number of nitro groups is 1. The summed E-state index contributed by atoms with van der Waals surface area (Å²) in [6, 6.07) is 0. The van der Waals surface area contributed by atoms with Gasteiger partial charge in [0, 0.05) is 27.1 Å². The Balaban J connectivity index is 2.07. The topological polar surface area (TPSA) is 124 Å². The van der Waals surface area contributed by atoms with Crippen LogP contribution in [0.2, 0.25) is 0 Å². The van der Waals surface area contributed by atoms with Gasteiger partial charge in [-0.15, -0.1) is 0 Å². The van der Waals surface area contributed by atoms with Crippen molar-refractivity contribution in [2.45, 2.75) is 6.42 Å². The molecule has 0 fully saturated rings. The van der Waals surface area contributed by atoms with Crippen molar-refractivity contribution in [3.05, 3.63) is 28.6 Å². The maximum absolute atomic E-state index is 11.1. The summed E-state index contributed by atoms with van der Waals surface area (Å²) in [5.41, 5.74) is -0.177. The summed E-state index contributed by atoms with van der Waals surface area (Å²) in [5.74, 6) is 0.999. The summed E-state index contributed by atoms with van der Waals surface area (Å²) in [5, 5.41) is 20.7. The fraction of sp³-hybridized carbons (Fsp3) is 0.400. The van der Waals surface area contributed by atoms with Gasteiger partial charge < -0.3 is 10.6 Å². The molecule has 2 N–H and O–H groups in total. The van der Waals surface area contributed by atoms with Crippen molar-refractivity contribution in [1.29, 1.82) is 0 Å². The number of nitrogens with one attached hydrogen (secondary N) is 2. The summed E-state index contributed by atoms with van der Waals surface area (Å²) in [7, 11) is 3.34. The van der Waals surface area contributed by atoms with E-state index in [0.717, 1.165) is 0 Å². The zero-order valence-corrected chi connectivity index (χ0v) is 11.1. The molecular weight excluding hydrogens is 264 g/mol. The number of anilines is 2. The van der Waals surface area contributed by atoms with Crippen molar-refractivity contribution in [2.24, 2.45) is 7.05 Å². The van der Waals surface area contributed by atoms with Crippen molar-refractivity contribution in [3.63, 3.8) is 0 Å². The predicted octanol–water partition coefficient (Wildman–Crippen LogP) is 0.210. The number of aryl methyl sites for hydroxylation is 1. The lowest BCUT2D eigenvalue weighted by Gasteiger charge is -2.07. The van der Waals surface area contributed by atoms with E-state index in [9.17, 15) is 10.1 Å². The molecule has 10 heteroatoms. The van der Waals surface area contributed by atoms with Gasteiger partial charge in [-0.3, -0.25) is 14.8 Å². The minimum absolute atomic E-state index is 0.170. The van der Waals surface area contributed by atoms with E-state index in [1.54, 1.807) is 25.1 Å². The van der Waals surface area contributed by atoms with Crippen LogP contribution in [0.25, 0.3) is 0 Å². The van der Waals surface area contributed by atoms with Gasteiger partial charge in [-0.1, -0.05) is 0 Å². The first-order chi connectivity index (χ1) is 9.61. The number of rotatable bonds is 6. The monoisotopic (exact) mass is 278 g/mol. The molecule has 0 atom stereocenters. The van der Waals surface area contributed by atoms with Gasteiger partial charge in [0.15, 0.2) is 5.82 Å². The summed E-state index contributed by atoms with van der Waals surface area (Å²) in [6.07, 6.45) is 3.40. The molecule has 2 aromatic heterocycles. The van der Waals surface area contributed by atoms with Gasteiger partial charge >= 0.3 is 5.69 Å². The zero-order chi connectivity index (χ0) is 14.5. The molecule has 0 aliphatic carbocycles. The van der Waals surface area contributed by atoms with E-state index in [-0.39, 0.29) is 17.3 Å². The van der Waals surface area contributed by atoms with Gasteiger partial charge in [0.2, 0.25) is 11.6 Å². The Morgan fingerprint density at radius 3 is 2.70 bits per heavy atom. The van der Waals surface area contributed by atoms with Crippen LogP contribution >= 0.6 is 0 Å². The minimum Gasteiger partial charge on any atom is -0.367 e. The standard InChI is InChI=1S/C10H14N8O2/c1-11-9-8(18(19)20)10(14-5-13-9)12-4-3-7-15-6-17(2)16-7/h5-6H,3-4H2,1-2H3,(H2,11,12,13,14). The highest BCUT2D eigenvalue weighted by Crippen LogP contribution is 2.28. The summed E-state index contributed by atoms with van der Waals surface area (Å²) in [4.78, 5) is 22.3. The molecule has 2 aromatic rings. The number of hydrogen-bond acceptors (Lipinski definition) is 8. The molecule has 0 bridgehead atoms. The van der Waals surface area contributed by atoms with Gasteiger partial charge in [0.1, 0.15) is 12.7 Å². The Labute approximate surface area is 114 Å². The van der Waals surface area contributed by atoms with Gasteiger partial charge in [0.05, 0.1) is 4.92 Å². The van der Waals surface area contributed by atoms with Crippen LogP contribution in [0.3, 0.4) is 0 Å². The number of aromatic nitrogens is 5. The lowest BCUT2D eigenvalue weighted by molar-refractivity contribution is -0.383. The third kappa shape index (κ3) is 2.96. The first-order valence-electron chi connectivity index (χ1n) is 5.87. The normalized spacial score (nSPS) is 10.3. The van der Waals surface area contributed by atoms with Crippen molar-refractivity contribution >= 4 is 17.3 Å². The second-order valence-corrected chi connectivity index (χ2v) is 3.94. The van der Waals surface area contributed by atoms with E-state index >= 15 is 0 Å². The largest absolute Gasteiger partial charge is 0.367 e. The third-order valence-electron chi connectivity index (χ3n) is 2.53. The highest BCUT2D eigenvalue weighted by Gasteiger charge is 2.21. The lowest BCUT2D eigenvalue weighted by atomic mass is 10.3. The van der Waals surface area contributed by atoms with Crippen molar-refractivity contribution in [2.75, 3.05) is 24.2 Å². The van der Waals surface area contributed by atoms with Gasteiger partial charge in [-0.05, 0) is 0 Å². The Morgan fingerprint density at radius 2 is 2.10 bits per heavy atom. The first-order valence-corrected chi connectivity index (χ1v) is 5.87. The molecule has 0 amide bonds. The van der Waals surface area contributed by atoms with Crippen LogP contribution in [-0.4, -0.2) is 43.2 Å². The summed E-state index contributed by atoms with van der Waals surface area (Å²) >= 11 is 0. The van der Waals surface area contributed by atoms with Crippen molar-refractivity contribution in [3.8, 4) is 0 Å². The van der Waals surface area contributed by atoms with Crippen LogP contribution in [0, 0.1) is 10.1 Å². The van der Waals surface area contributed by atoms with Gasteiger partial charge in [0.25, 0.3) is 0 Å². The average Bonchev–Trinajstić information content (AvgIpc) is 2.83. The van der Waals surface area contributed by atoms with Crippen LogP contribution in [0.15, 0.2) is 12.7 Å². The van der Waals surface area contributed by atoms with E-state index in [4.69, 9.17) is 0 Å². The molecule has 0 saturated carbocycles. The fourth-order valence-electron chi connectivity index (χ4n) is 1.66. The highest BCUT2D eigenvalue weighted by atomic mass is 16.6. The average molecular weight is 278 g/mol. The molecule has 10 nitrogen and oxygen atoms in total. The maximum Gasteiger partial charge on any atom is 0.353 e. The molecule has 0 spiro atoms. The third-order valence-corrected chi connectivity index (χ3v) is 2.53. The predicted molar refractivity (Wildman–Crippen MR) is 71.4 cm³/mol. The Morgan fingerprint density at radius 1 is 1.35 bits per heavy atom. The molecule has 2 rings (SSSR count). The Kier molecular flexibility index (Phi) is 4.03. The summed E-state index contributed by atoms with van der Waals surface area (Å²) < 4.78 is 1.60. The van der Waals surface area contributed by atoms with Crippen LogP contribution in [0.5, 0.6) is 0 Å². The molecule has 0 saturated heterocycles. The molecule has 106 valence electrons. The van der Waals surface area contributed by atoms with Crippen LogP contribution < -0.4 is 10.6 Å². The van der Waals surface area contributed by atoms with E-state index in [1.807, 2.05) is 0 Å². The smallest absolute Gasteiger partial charge is 0.353 e. The van der Waals surface area contributed by atoms with E-state index in [2.05, 4.69) is 30.7 Å². The SMILES string of the molecule is CNc1ncnc(NCCc2ncn(C)n2)c1[N+](=O)[O-]. The second-order valence-electron chi connectivity index (χ2n) is 3.94. The molecule has 0 aliphatic heterocycles. The quantitative estimate of drug-likeness (QED) is 0.567. The van der Waals surface area contributed by atoms with Crippen molar-refractivity contribution in [1.82, 2.24) is 24.7 Å². The van der Waals surface area contributed by atoms with Crippen molar-refractivity contribution < 1.29 is 4.92 Å². The molecule has 0 aromatic carbocycles. The molecule has 0 aliphatic rings. The summed E-state index contributed by atoms with van der Waals surface area (Å²) in [6.45, 7) is 0.436.